The Balaban J connectivity index is 0.000000861. The third-order valence-electron chi connectivity index (χ3n) is 2.26. The number of hydrogen-bond donors (Lipinski definition) is 1. The molecule has 0 saturated carbocycles. The van der Waals surface area contributed by atoms with Gasteiger partial charge in [-0.1, -0.05) is 41.9 Å². The van der Waals surface area contributed by atoms with E-state index in [0.29, 0.717) is 17.0 Å². The van der Waals surface area contributed by atoms with Gasteiger partial charge in [0.05, 0.1) is 10.7 Å². The van der Waals surface area contributed by atoms with Gasteiger partial charge in [-0.05, 0) is 24.6 Å². The van der Waals surface area contributed by atoms with E-state index in [1.165, 1.54) is 11.3 Å². The summed E-state index contributed by atoms with van der Waals surface area (Å²) in [6, 6.07) is 7.80. The van der Waals surface area contributed by atoms with Gasteiger partial charge in [0.2, 0.25) is 0 Å². The minimum absolute atomic E-state index is 0.336. The fourth-order valence-corrected chi connectivity index (χ4v) is 2.82. The summed E-state index contributed by atoms with van der Waals surface area (Å²) in [5, 5.41) is 9.86. The molecular weight excluding hydrogens is 326 g/mol. The van der Waals surface area contributed by atoms with Gasteiger partial charge in [-0.3, -0.25) is 0 Å². The Bertz CT molecular complexity index is 566. The highest BCUT2D eigenvalue weighted by Gasteiger charge is 2.15. The normalized spacial score (nSPS) is 9.68. The van der Waals surface area contributed by atoms with Crippen LogP contribution >= 0.6 is 27.3 Å². The van der Waals surface area contributed by atoms with E-state index in [2.05, 4.69) is 20.9 Å². The van der Waals surface area contributed by atoms with Crippen LogP contribution in [0.15, 0.2) is 28.7 Å². The van der Waals surface area contributed by atoms with Crippen molar-refractivity contribution in [1.29, 1.82) is 0 Å². The van der Waals surface area contributed by atoms with Crippen LogP contribution in [0.2, 0.25) is 0 Å². The summed E-state index contributed by atoms with van der Waals surface area (Å²) in [5.74, 6) is -0.902. The Morgan fingerprint density at radius 1 is 1.42 bits per heavy atom. The second-order valence-electron chi connectivity index (χ2n) is 3.62. The first-order valence-corrected chi connectivity index (χ1v) is 7.61. The molecule has 0 unspecified atom stereocenters. The number of benzene rings is 1. The third-order valence-corrected chi connectivity index (χ3v) is 3.75. The standard InChI is InChI=1S/C12H10BrNO2S.C2H6/c1-7-14-10(11(17-7)12(15)16)6-8-3-2-4-9(13)5-8;1-2/h2-5H,6H2,1H3,(H,15,16);1-2H3. The Hall–Kier alpha value is -1.20. The van der Waals surface area contributed by atoms with E-state index < -0.39 is 5.97 Å². The van der Waals surface area contributed by atoms with Crippen molar-refractivity contribution in [2.24, 2.45) is 0 Å². The zero-order valence-corrected chi connectivity index (χ0v) is 13.5. The molecular formula is C14H16BrNO2S. The summed E-state index contributed by atoms with van der Waals surface area (Å²) >= 11 is 4.62. The Labute approximate surface area is 125 Å². The first-order valence-electron chi connectivity index (χ1n) is 6.00. The van der Waals surface area contributed by atoms with Crippen LogP contribution in [0.3, 0.4) is 0 Å². The van der Waals surface area contributed by atoms with E-state index in [0.717, 1.165) is 15.0 Å². The number of rotatable bonds is 3. The van der Waals surface area contributed by atoms with Crippen molar-refractivity contribution in [2.45, 2.75) is 27.2 Å². The number of carboxylic acids is 1. The largest absolute Gasteiger partial charge is 0.477 e. The lowest BCUT2D eigenvalue weighted by molar-refractivity contribution is 0.0701. The monoisotopic (exact) mass is 341 g/mol. The SMILES string of the molecule is CC.Cc1nc(Cc2cccc(Br)c2)c(C(=O)O)s1. The summed E-state index contributed by atoms with van der Waals surface area (Å²) in [5.41, 5.74) is 1.69. The second kappa shape index (κ2) is 7.40. The Morgan fingerprint density at radius 2 is 2.11 bits per heavy atom. The van der Waals surface area contributed by atoms with Crippen LogP contribution in [0, 0.1) is 6.92 Å². The molecule has 0 aliphatic rings. The van der Waals surface area contributed by atoms with Gasteiger partial charge in [0.15, 0.2) is 0 Å². The van der Waals surface area contributed by atoms with E-state index in [-0.39, 0.29) is 0 Å². The molecule has 19 heavy (non-hydrogen) atoms. The number of carbonyl (C=O) groups is 1. The molecule has 1 aromatic heterocycles. The summed E-state index contributed by atoms with van der Waals surface area (Å²) in [7, 11) is 0. The zero-order valence-electron chi connectivity index (χ0n) is 11.1. The predicted molar refractivity (Wildman–Crippen MR) is 82.1 cm³/mol. The van der Waals surface area contributed by atoms with Gasteiger partial charge in [0.25, 0.3) is 0 Å². The minimum Gasteiger partial charge on any atom is -0.477 e. The van der Waals surface area contributed by atoms with Crippen LogP contribution in [-0.2, 0) is 6.42 Å². The minimum atomic E-state index is -0.902. The highest BCUT2D eigenvalue weighted by Crippen LogP contribution is 2.22. The van der Waals surface area contributed by atoms with Crippen LogP contribution in [0.1, 0.15) is 39.8 Å². The van der Waals surface area contributed by atoms with Crippen LogP contribution < -0.4 is 0 Å². The maximum Gasteiger partial charge on any atom is 0.347 e. The van der Waals surface area contributed by atoms with Gasteiger partial charge in [0.1, 0.15) is 4.88 Å². The number of hydrogen-bond acceptors (Lipinski definition) is 3. The molecule has 0 aliphatic carbocycles. The van der Waals surface area contributed by atoms with Crippen molar-refractivity contribution >= 4 is 33.2 Å². The van der Waals surface area contributed by atoms with Crippen molar-refractivity contribution in [1.82, 2.24) is 4.98 Å². The lowest BCUT2D eigenvalue weighted by atomic mass is 10.1. The van der Waals surface area contributed by atoms with E-state index >= 15 is 0 Å². The van der Waals surface area contributed by atoms with E-state index in [9.17, 15) is 4.79 Å². The molecule has 1 N–H and O–H groups in total. The zero-order chi connectivity index (χ0) is 14.4. The smallest absolute Gasteiger partial charge is 0.347 e. The molecule has 0 saturated heterocycles. The molecule has 0 radical (unpaired) electrons. The topological polar surface area (TPSA) is 50.2 Å². The second-order valence-corrected chi connectivity index (χ2v) is 5.74. The molecule has 0 aliphatic heterocycles. The average Bonchev–Trinajstić information content (AvgIpc) is 2.73. The molecule has 1 aromatic carbocycles. The highest BCUT2D eigenvalue weighted by molar-refractivity contribution is 9.10. The van der Waals surface area contributed by atoms with Gasteiger partial charge in [-0.15, -0.1) is 11.3 Å². The van der Waals surface area contributed by atoms with Gasteiger partial charge in [-0.2, -0.15) is 0 Å². The molecule has 2 aromatic rings. The third kappa shape index (κ3) is 4.44. The van der Waals surface area contributed by atoms with Gasteiger partial charge < -0.3 is 5.11 Å². The van der Waals surface area contributed by atoms with Crippen molar-refractivity contribution in [3.05, 3.63) is 49.9 Å². The van der Waals surface area contributed by atoms with Gasteiger partial charge in [-0.25, -0.2) is 9.78 Å². The molecule has 0 atom stereocenters. The number of thiazole rings is 1. The molecule has 0 spiro atoms. The fraction of sp³-hybridized carbons (Fsp3) is 0.286. The van der Waals surface area contributed by atoms with Crippen molar-refractivity contribution in [2.75, 3.05) is 0 Å². The van der Waals surface area contributed by atoms with Gasteiger partial charge in [0, 0.05) is 10.9 Å². The van der Waals surface area contributed by atoms with Crippen molar-refractivity contribution < 1.29 is 9.90 Å². The van der Waals surface area contributed by atoms with E-state index in [1.807, 2.05) is 45.0 Å². The highest BCUT2D eigenvalue weighted by atomic mass is 79.9. The Morgan fingerprint density at radius 3 is 2.68 bits per heavy atom. The molecule has 0 amide bonds. The summed E-state index contributed by atoms with van der Waals surface area (Å²) in [6.45, 7) is 5.82. The lowest BCUT2D eigenvalue weighted by Gasteiger charge is -2.00. The summed E-state index contributed by atoms with van der Waals surface area (Å²) < 4.78 is 0.985. The maximum absolute atomic E-state index is 11.1. The number of nitrogens with zero attached hydrogens (tertiary/aromatic N) is 1. The van der Waals surface area contributed by atoms with Gasteiger partial charge >= 0.3 is 5.97 Å². The predicted octanol–water partition coefficient (Wildman–Crippen LogP) is 4.53. The van der Waals surface area contributed by atoms with Crippen LogP contribution in [0.5, 0.6) is 0 Å². The number of carboxylic acid groups (broad SMARTS) is 1. The van der Waals surface area contributed by atoms with Crippen molar-refractivity contribution in [3.63, 3.8) is 0 Å². The average molecular weight is 342 g/mol. The first-order chi connectivity index (χ1) is 9.06. The van der Waals surface area contributed by atoms with Crippen molar-refractivity contribution in [3.8, 4) is 0 Å². The Kier molecular flexibility index (Phi) is 6.18. The summed E-state index contributed by atoms with van der Waals surface area (Å²) in [6.07, 6.45) is 0.547. The van der Waals surface area contributed by atoms with Crippen LogP contribution in [0.4, 0.5) is 0 Å². The van der Waals surface area contributed by atoms with Crippen LogP contribution in [0.25, 0.3) is 0 Å². The quantitative estimate of drug-likeness (QED) is 0.892. The molecule has 0 fully saturated rings. The summed E-state index contributed by atoms with van der Waals surface area (Å²) in [4.78, 5) is 15.7. The van der Waals surface area contributed by atoms with E-state index in [1.54, 1.807) is 0 Å². The first kappa shape index (κ1) is 15.9. The number of aryl methyl sites for hydroxylation is 1. The molecule has 3 nitrogen and oxygen atoms in total. The lowest BCUT2D eigenvalue weighted by Crippen LogP contribution is -1.99. The van der Waals surface area contributed by atoms with Crippen LogP contribution in [-0.4, -0.2) is 16.1 Å². The number of aromatic carboxylic acids is 1. The molecule has 5 heteroatoms. The fourth-order valence-electron chi connectivity index (χ4n) is 1.60. The van der Waals surface area contributed by atoms with E-state index in [4.69, 9.17) is 5.11 Å². The number of halogens is 1. The molecule has 1 heterocycles. The molecule has 2 rings (SSSR count). The molecule has 0 bridgehead atoms. The molecule has 102 valence electrons. The number of aromatic nitrogens is 1. The maximum atomic E-state index is 11.1.